The first-order chi connectivity index (χ1) is 8.67. The van der Waals surface area contributed by atoms with Crippen LogP contribution in [0.3, 0.4) is 0 Å². The highest BCUT2D eigenvalue weighted by Gasteiger charge is 2.23. The molecule has 1 N–H and O–H groups in total. The molecule has 1 fully saturated rings. The van der Waals surface area contributed by atoms with Gasteiger partial charge in [-0.2, -0.15) is 0 Å². The van der Waals surface area contributed by atoms with E-state index in [0.717, 1.165) is 50.4 Å². The average molecular weight is 250 g/mol. The normalized spacial score (nSPS) is 20.2. The van der Waals surface area contributed by atoms with Crippen LogP contribution in [0.1, 0.15) is 38.2 Å². The van der Waals surface area contributed by atoms with Crippen molar-refractivity contribution in [3.05, 3.63) is 23.7 Å². The van der Waals surface area contributed by atoms with Gasteiger partial charge in [0.1, 0.15) is 11.5 Å². The lowest BCUT2D eigenvalue weighted by atomic mass is 10.2. The Morgan fingerprint density at radius 2 is 2.28 bits per heavy atom. The molecule has 1 aliphatic heterocycles. The summed E-state index contributed by atoms with van der Waals surface area (Å²) in [5.74, 6) is 2.16. The smallest absolute Gasteiger partial charge is 0.217 e. The molecule has 0 spiro atoms. The van der Waals surface area contributed by atoms with Crippen molar-refractivity contribution < 1.29 is 9.21 Å². The molecule has 2 heterocycles. The largest absolute Gasteiger partial charge is 0.465 e. The fourth-order valence-electron chi connectivity index (χ4n) is 2.49. The molecule has 0 bridgehead atoms. The maximum atomic E-state index is 11.0. The number of likely N-dealkylation sites (tertiary alicyclic amines) is 1. The predicted molar refractivity (Wildman–Crippen MR) is 70.2 cm³/mol. The van der Waals surface area contributed by atoms with Crippen LogP contribution in [0.15, 0.2) is 16.5 Å². The molecule has 1 aromatic heterocycles. The number of hydrogen-bond donors (Lipinski definition) is 1. The molecule has 1 aromatic rings. The minimum Gasteiger partial charge on any atom is -0.465 e. The summed E-state index contributed by atoms with van der Waals surface area (Å²) in [5, 5.41) is 2.97. The van der Waals surface area contributed by atoms with Crippen LogP contribution < -0.4 is 5.32 Å². The maximum Gasteiger partial charge on any atom is 0.217 e. The number of aryl methyl sites for hydroxylation is 1. The highest BCUT2D eigenvalue weighted by atomic mass is 16.3. The molecule has 4 nitrogen and oxygen atoms in total. The number of nitrogens with zero attached hydrogens (tertiary/aromatic N) is 1. The van der Waals surface area contributed by atoms with E-state index in [1.54, 1.807) is 6.92 Å². The highest BCUT2D eigenvalue weighted by Crippen LogP contribution is 2.16. The van der Waals surface area contributed by atoms with E-state index in [-0.39, 0.29) is 5.91 Å². The lowest BCUT2D eigenvalue weighted by molar-refractivity contribution is -0.119. The van der Waals surface area contributed by atoms with Crippen molar-refractivity contribution in [3.8, 4) is 0 Å². The van der Waals surface area contributed by atoms with Crippen molar-refractivity contribution in [2.24, 2.45) is 0 Å². The van der Waals surface area contributed by atoms with E-state index in [1.165, 1.54) is 0 Å². The third-order valence-electron chi connectivity index (χ3n) is 3.27. The monoisotopic (exact) mass is 250 g/mol. The minimum absolute atomic E-state index is 0.0603. The first-order valence-electron chi connectivity index (χ1n) is 6.74. The van der Waals surface area contributed by atoms with E-state index in [9.17, 15) is 4.79 Å². The molecule has 0 saturated carbocycles. The lowest BCUT2D eigenvalue weighted by Crippen LogP contribution is -2.35. The summed E-state index contributed by atoms with van der Waals surface area (Å²) in [7, 11) is 0. The molecule has 100 valence electrons. The highest BCUT2D eigenvalue weighted by molar-refractivity contribution is 5.73. The lowest BCUT2D eigenvalue weighted by Gasteiger charge is -2.14. The van der Waals surface area contributed by atoms with E-state index in [4.69, 9.17) is 4.42 Å². The molecule has 18 heavy (non-hydrogen) atoms. The summed E-state index contributed by atoms with van der Waals surface area (Å²) in [6.45, 7) is 6.52. The summed E-state index contributed by atoms with van der Waals surface area (Å²) in [5.41, 5.74) is 0. The summed E-state index contributed by atoms with van der Waals surface area (Å²) in [6.07, 6.45) is 3.15. The van der Waals surface area contributed by atoms with Gasteiger partial charge in [-0.25, -0.2) is 0 Å². The fourth-order valence-corrected chi connectivity index (χ4v) is 2.49. The molecule has 1 atom stereocenters. The van der Waals surface area contributed by atoms with E-state index in [0.29, 0.717) is 6.04 Å². The Hall–Kier alpha value is -1.29. The van der Waals surface area contributed by atoms with E-state index in [1.807, 2.05) is 0 Å². The molecule has 0 aromatic carbocycles. The van der Waals surface area contributed by atoms with Gasteiger partial charge >= 0.3 is 0 Å². The standard InChI is InChI=1S/C14H22N2O2/c1-3-4-13-5-6-14(18-13)10-16-8-7-12(9-16)15-11(2)17/h5-6,12H,3-4,7-10H2,1-2H3,(H,15,17). The molecule has 0 aliphatic carbocycles. The van der Waals surface area contributed by atoms with Crippen LogP contribution in [0.25, 0.3) is 0 Å². The molecule has 4 heteroatoms. The molecule has 1 saturated heterocycles. The van der Waals surface area contributed by atoms with Gasteiger partial charge in [-0.05, 0) is 25.0 Å². The van der Waals surface area contributed by atoms with Crippen LogP contribution in [0, 0.1) is 0 Å². The van der Waals surface area contributed by atoms with Gasteiger partial charge < -0.3 is 9.73 Å². The quantitative estimate of drug-likeness (QED) is 0.868. The Morgan fingerprint density at radius 1 is 1.50 bits per heavy atom. The molecular formula is C14H22N2O2. The molecule has 2 rings (SSSR count). The zero-order chi connectivity index (χ0) is 13.0. The number of carbonyl (C=O) groups excluding carboxylic acids is 1. The summed E-state index contributed by atoms with van der Waals surface area (Å²) < 4.78 is 5.77. The average Bonchev–Trinajstić information content (AvgIpc) is 2.89. The Balaban J connectivity index is 1.81. The van der Waals surface area contributed by atoms with Crippen LogP contribution in [0.4, 0.5) is 0 Å². The van der Waals surface area contributed by atoms with E-state index >= 15 is 0 Å². The number of furan rings is 1. The SMILES string of the molecule is CCCc1ccc(CN2CCC(NC(C)=O)C2)o1. The van der Waals surface area contributed by atoms with Crippen molar-refractivity contribution in [2.45, 2.75) is 45.7 Å². The van der Waals surface area contributed by atoms with Gasteiger partial charge in [0.05, 0.1) is 6.54 Å². The van der Waals surface area contributed by atoms with Crippen molar-refractivity contribution in [1.82, 2.24) is 10.2 Å². The maximum absolute atomic E-state index is 11.0. The Bertz CT molecular complexity index is 400. The number of carbonyl (C=O) groups is 1. The predicted octanol–water partition coefficient (Wildman–Crippen LogP) is 1.94. The van der Waals surface area contributed by atoms with E-state index < -0.39 is 0 Å². The van der Waals surface area contributed by atoms with Crippen LogP contribution in [-0.4, -0.2) is 29.9 Å². The molecule has 1 aliphatic rings. The molecule has 0 radical (unpaired) electrons. The first kappa shape index (κ1) is 13.1. The Morgan fingerprint density at radius 3 is 3.00 bits per heavy atom. The second kappa shape index (κ2) is 6.05. The topological polar surface area (TPSA) is 45.5 Å². The zero-order valence-corrected chi connectivity index (χ0v) is 11.2. The number of rotatable bonds is 5. The summed E-state index contributed by atoms with van der Waals surface area (Å²) >= 11 is 0. The zero-order valence-electron chi connectivity index (χ0n) is 11.2. The second-order valence-electron chi connectivity index (χ2n) is 5.04. The first-order valence-corrected chi connectivity index (χ1v) is 6.74. The third kappa shape index (κ3) is 3.60. The van der Waals surface area contributed by atoms with Gasteiger partial charge in [0, 0.05) is 32.5 Å². The van der Waals surface area contributed by atoms with Crippen LogP contribution >= 0.6 is 0 Å². The van der Waals surface area contributed by atoms with Crippen LogP contribution in [0.2, 0.25) is 0 Å². The van der Waals surface area contributed by atoms with Gasteiger partial charge in [-0.1, -0.05) is 6.92 Å². The third-order valence-corrected chi connectivity index (χ3v) is 3.27. The van der Waals surface area contributed by atoms with Crippen molar-refractivity contribution >= 4 is 5.91 Å². The molecular weight excluding hydrogens is 228 g/mol. The van der Waals surface area contributed by atoms with Crippen molar-refractivity contribution in [1.29, 1.82) is 0 Å². The van der Waals surface area contributed by atoms with Crippen LogP contribution in [-0.2, 0) is 17.8 Å². The van der Waals surface area contributed by atoms with Gasteiger partial charge in [-0.3, -0.25) is 9.69 Å². The van der Waals surface area contributed by atoms with Gasteiger partial charge in [-0.15, -0.1) is 0 Å². The van der Waals surface area contributed by atoms with Gasteiger partial charge in [0.15, 0.2) is 0 Å². The minimum atomic E-state index is 0.0603. The molecule has 1 unspecified atom stereocenters. The number of hydrogen-bond acceptors (Lipinski definition) is 3. The van der Waals surface area contributed by atoms with Crippen molar-refractivity contribution in [3.63, 3.8) is 0 Å². The van der Waals surface area contributed by atoms with Gasteiger partial charge in [0.25, 0.3) is 0 Å². The van der Waals surface area contributed by atoms with Gasteiger partial charge in [0.2, 0.25) is 5.91 Å². The number of amides is 1. The Labute approximate surface area is 108 Å². The van der Waals surface area contributed by atoms with Crippen molar-refractivity contribution in [2.75, 3.05) is 13.1 Å². The van der Waals surface area contributed by atoms with E-state index in [2.05, 4.69) is 29.3 Å². The summed E-state index contributed by atoms with van der Waals surface area (Å²) in [4.78, 5) is 13.3. The second-order valence-corrected chi connectivity index (χ2v) is 5.04. The number of nitrogens with one attached hydrogen (secondary N) is 1. The Kier molecular flexibility index (Phi) is 4.42. The fraction of sp³-hybridized carbons (Fsp3) is 0.643. The van der Waals surface area contributed by atoms with Crippen LogP contribution in [0.5, 0.6) is 0 Å². The summed E-state index contributed by atoms with van der Waals surface area (Å²) in [6, 6.07) is 4.43. The molecule has 1 amide bonds.